The summed E-state index contributed by atoms with van der Waals surface area (Å²) in [7, 11) is -3.70. The van der Waals surface area contributed by atoms with Gasteiger partial charge < -0.3 is 61.0 Å². The number of carboxylic acid groups (broad SMARTS) is 1. The van der Waals surface area contributed by atoms with E-state index in [1.165, 1.54) is 24.3 Å². The summed E-state index contributed by atoms with van der Waals surface area (Å²) in [5.41, 5.74) is 1.42. The van der Waals surface area contributed by atoms with Crippen molar-refractivity contribution in [2.75, 3.05) is 13.7 Å². The minimum absolute atomic E-state index is 0.0114. The van der Waals surface area contributed by atoms with Gasteiger partial charge in [-0.25, -0.2) is 9.59 Å². The standard InChI is InChI=1S/C53H70N8O16S/c1-7-9-19-38(57-48(67)40(61-52(71)76-53(3,4)5)26-33-22-24-35(25-23-33)77-78(72,73)74)46(65)55-31-44(62)56-41(28-34-30-54-37-21-15-14-18-36(34)37)49(68)58-39(20-10-8-2)47(66)59-42(29-45(63)64)50(69)60-43(51(70)75-6)27-32-16-12-11-13-17-32/h11-18,21-25,30,38-43,54H,7-10,19-20,26-29,31H2,1-6H3,(H,55,65)(H,56,62)(H,57,67)(H,58,68)(H,59,66)(H,60,69)(H,61,71)(H,63,64)(H,72,73,74)/t38-,39-,40-,41-,42-,43-/m0/s1. The molecule has 25 heteroatoms. The highest BCUT2D eigenvalue weighted by atomic mass is 32.3. The van der Waals surface area contributed by atoms with Gasteiger partial charge in [-0.15, -0.1) is 0 Å². The Morgan fingerprint density at radius 2 is 1.13 bits per heavy atom. The van der Waals surface area contributed by atoms with E-state index in [2.05, 4.69) is 46.4 Å². The molecule has 424 valence electrons. The Labute approximate surface area is 452 Å². The summed E-state index contributed by atoms with van der Waals surface area (Å²) in [5, 5.41) is 28.4. The van der Waals surface area contributed by atoms with Crippen molar-refractivity contribution in [2.24, 2.45) is 0 Å². The van der Waals surface area contributed by atoms with E-state index in [9.17, 15) is 56.7 Å². The van der Waals surface area contributed by atoms with Crippen LogP contribution in [0.15, 0.2) is 85.1 Å². The maximum absolute atomic E-state index is 14.4. The maximum atomic E-state index is 14.4. The van der Waals surface area contributed by atoms with Gasteiger partial charge in [0.05, 0.1) is 20.1 Å². The molecule has 4 aromatic rings. The summed E-state index contributed by atoms with van der Waals surface area (Å²) in [6.45, 7) is 7.82. The minimum atomic E-state index is -4.82. The molecule has 0 saturated heterocycles. The van der Waals surface area contributed by atoms with Crippen LogP contribution in [-0.4, -0.2) is 132 Å². The number of amides is 7. The van der Waals surface area contributed by atoms with Crippen LogP contribution < -0.4 is 41.4 Å². The van der Waals surface area contributed by atoms with Crippen molar-refractivity contribution in [3.63, 3.8) is 0 Å². The predicted octanol–water partition coefficient (Wildman–Crippen LogP) is 2.84. The minimum Gasteiger partial charge on any atom is -0.481 e. The van der Waals surface area contributed by atoms with E-state index in [0.717, 1.165) is 18.0 Å². The third-order valence-electron chi connectivity index (χ3n) is 11.8. The lowest BCUT2D eigenvalue weighted by Gasteiger charge is -2.26. The first kappa shape index (κ1) is 62.5. The summed E-state index contributed by atoms with van der Waals surface area (Å²) in [4.78, 5) is 125. The highest BCUT2D eigenvalue weighted by Crippen LogP contribution is 2.20. The first-order chi connectivity index (χ1) is 36.9. The van der Waals surface area contributed by atoms with Crippen LogP contribution in [0.3, 0.4) is 0 Å². The van der Waals surface area contributed by atoms with Gasteiger partial charge in [0.15, 0.2) is 0 Å². The maximum Gasteiger partial charge on any atom is 0.446 e. The third kappa shape index (κ3) is 21.5. The van der Waals surface area contributed by atoms with Crippen LogP contribution in [0.4, 0.5) is 4.79 Å². The molecular weight excluding hydrogens is 1040 g/mol. The van der Waals surface area contributed by atoms with Crippen molar-refractivity contribution in [3.05, 3.63) is 102 Å². The summed E-state index contributed by atoms with van der Waals surface area (Å²) in [6, 6.07) is 12.7. The molecule has 24 nitrogen and oxygen atoms in total. The molecule has 0 aliphatic rings. The molecular formula is C53H70N8O16S. The second-order valence-corrected chi connectivity index (χ2v) is 20.3. The van der Waals surface area contributed by atoms with Crippen LogP contribution >= 0.6 is 0 Å². The predicted molar refractivity (Wildman–Crippen MR) is 284 cm³/mol. The quantitative estimate of drug-likeness (QED) is 0.0265. The fourth-order valence-electron chi connectivity index (χ4n) is 7.98. The fourth-order valence-corrected chi connectivity index (χ4v) is 8.33. The zero-order valence-corrected chi connectivity index (χ0v) is 45.2. The van der Waals surface area contributed by atoms with Crippen LogP contribution in [0.25, 0.3) is 10.9 Å². The highest BCUT2D eigenvalue weighted by Gasteiger charge is 2.34. The molecule has 4 rings (SSSR count). The first-order valence-corrected chi connectivity index (χ1v) is 26.7. The molecule has 0 spiro atoms. The number of rotatable bonds is 30. The van der Waals surface area contributed by atoms with Gasteiger partial charge in [0.1, 0.15) is 47.6 Å². The van der Waals surface area contributed by atoms with Crippen molar-refractivity contribution in [1.82, 2.24) is 42.2 Å². The molecule has 0 unspecified atom stereocenters. The van der Waals surface area contributed by atoms with Crippen LogP contribution in [0, 0.1) is 0 Å². The molecule has 3 aromatic carbocycles. The van der Waals surface area contributed by atoms with Crippen molar-refractivity contribution in [3.8, 4) is 5.75 Å². The summed E-state index contributed by atoms with van der Waals surface area (Å²) >= 11 is 0. The van der Waals surface area contributed by atoms with Crippen LogP contribution in [0.1, 0.15) is 96.3 Å². The summed E-state index contributed by atoms with van der Waals surface area (Å²) < 4.78 is 46.2. The molecule has 0 aliphatic heterocycles. The number of H-pyrrole nitrogens is 1. The number of aromatic amines is 1. The molecule has 0 radical (unpaired) electrons. The number of methoxy groups -OCH3 is 1. The molecule has 0 bridgehead atoms. The van der Waals surface area contributed by atoms with E-state index in [0.29, 0.717) is 42.4 Å². The van der Waals surface area contributed by atoms with Crippen LogP contribution in [0.2, 0.25) is 0 Å². The van der Waals surface area contributed by atoms with Crippen molar-refractivity contribution >= 4 is 74.8 Å². The van der Waals surface area contributed by atoms with E-state index in [1.807, 2.05) is 13.8 Å². The SMILES string of the molecule is CCCC[C@H](NC(=O)[C@H](Cc1ccc(OS(=O)(=O)O)cc1)NC(=O)OC(C)(C)C)C(=O)NCC(=O)N[C@@H](Cc1c[nH]c2ccccc12)C(=O)N[C@@H](CCCC)C(=O)N[C@@H](CC(=O)O)C(=O)N[C@@H](Cc1ccccc1)C(=O)OC. The van der Waals surface area contributed by atoms with Gasteiger partial charge in [-0.1, -0.05) is 100 Å². The van der Waals surface area contributed by atoms with E-state index < -0.39 is 119 Å². The van der Waals surface area contributed by atoms with Gasteiger partial charge in [-0.2, -0.15) is 8.42 Å². The summed E-state index contributed by atoms with van der Waals surface area (Å²) in [6.07, 6.45) is 1.56. The molecule has 0 aliphatic carbocycles. The molecule has 6 atom stereocenters. The number of aliphatic carboxylic acids is 1. The third-order valence-corrected chi connectivity index (χ3v) is 12.2. The highest BCUT2D eigenvalue weighted by molar-refractivity contribution is 7.81. The second-order valence-electron chi connectivity index (χ2n) is 19.3. The van der Waals surface area contributed by atoms with Gasteiger partial charge in [0.2, 0.25) is 35.4 Å². The Balaban J connectivity index is 1.54. The van der Waals surface area contributed by atoms with Crippen LogP contribution in [-0.2, 0) is 77.5 Å². The van der Waals surface area contributed by atoms with E-state index in [1.54, 1.807) is 81.6 Å². The molecule has 0 saturated carbocycles. The van der Waals surface area contributed by atoms with E-state index in [-0.39, 0.29) is 37.9 Å². The molecule has 78 heavy (non-hydrogen) atoms. The number of hydrogen-bond donors (Lipinski definition) is 10. The van der Waals surface area contributed by atoms with Crippen molar-refractivity contribution in [1.29, 1.82) is 0 Å². The number of carbonyl (C=O) groups is 9. The van der Waals surface area contributed by atoms with E-state index in [4.69, 9.17) is 14.0 Å². The lowest BCUT2D eigenvalue weighted by Crippen LogP contribution is -2.59. The Hall–Kier alpha value is -8.06. The normalized spacial score (nSPS) is 13.7. The smallest absolute Gasteiger partial charge is 0.446 e. The summed E-state index contributed by atoms with van der Waals surface area (Å²) in [5.74, 6) is -7.73. The fraction of sp³-hybridized carbons (Fsp3) is 0.453. The Bertz CT molecular complexity index is 2820. The molecule has 0 fully saturated rings. The number of hydrogen-bond acceptors (Lipinski definition) is 14. The number of alkyl carbamates (subject to hydrolysis) is 1. The molecule has 10 N–H and O–H groups in total. The lowest BCUT2D eigenvalue weighted by atomic mass is 10.0. The molecule has 1 aromatic heterocycles. The van der Waals surface area contributed by atoms with Crippen LogP contribution in [0.5, 0.6) is 5.75 Å². The van der Waals surface area contributed by atoms with Crippen molar-refractivity contribution < 1.29 is 74.9 Å². The zero-order valence-electron chi connectivity index (χ0n) is 44.3. The largest absolute Gasteiger partial charge is 0.481 e. The second kappa shape index (κ2) is 30.0. The number of ether oxygens (including phenoxy) is 2. The monoisotopic (exact) mass is 1110 g/mol. The molecule has 1 heterocycles. The van der Waals surface area contributed by atoms with Gasteiger partial charge in [-0.3, -0.25) is 38.1 Å². The van der Waals surface area contributed by atoms with Gasteiger partial charge in [0.25, 0.3) is 0 Å². The number of carbonyl (C=O) groups excluding carboxylic acids is 8. The number of benzene rings is 3. The van der Waals surface area contributed by atoms with Gasteiger partial charge in [0, 0.05) is 36.4 Å². The number of fused-ring (bicyclic) bond motifs is 1. The number of esters is 1. The average Bonchev–Trinajstić information content (AvgIpc) is 3.81. The Morgan fingerprint density at radius 3 is 1.71 bits per heavy atom. The van der Waals surface area contributed by atoms with Gasteiger partial charge >= 0.3 is 28.4 Å². The number of carboxylic acids is 1. The number of aromatic nitrogens is 1. The number of unbranched alkanes of at least 4 members (excludes halogenated alkanes) is 2. The zero-order chi connectivity index (χ0) is 57.6. The molecule has 7 amide bonds. The first-order valence-electron chi connectivity index (χ1n) is 25.3. The number of para-hydroxylation sites is 1. The van der Waals surface area contributed by atoms with Crippen molar-refractivity contribution in [2.45, 2.75) is 141 Å². The lowest BCUT2D eigenvalue weighted by molar-refractivity contribution is -0.146. The van der Waals surface area contributed by atoms with Gasteiger partial charge in [-0.05, 0) is 68.5 Å². The Morgan fingerprint density at radius 1 is 0.615 bits per heavy atom. The topological polar surface area (TPSA) is 356 Å². The van der Waals surface area contributed by atoms with E-state index >= 15 is 0 Å². The Kier molecular flexibility index (Phi) is 24.1. The average molecular weight is 1110 g/mol. The number of nitrogens with one attached hydrogen (secondary N) is 8.